The van der Waals surface area contributed by atoms with Gasteiger partial charge in [0.05, 0.1) is 24.9 Å². The lowest BCUT2D eigenvalue weighted by Gasteiger charge is -2.29. The van der Waals surface area contributed by atoms with Crippen molar-refractivity contribution in [1.82, 2.24) is 0 Å². The summed E-state index contributed by atoms with van der Waals surface area (Å²) in [5, 5.41) is 3.28. The highest BCUT2D eigenvalue weighted by atomic mass is 32.1. The summed E-state index contributed by atoms with van der Waals surface area (Å²) in [5.41, 5.74) is -5.02. The standard InChI is InChI=1S/C53H37NS/c1-53(2)46-24-9-7-21-42(46)43-31-29-38(33-47(43)53)54(48-25-13-27-50-52(48)45-22-8-10-26-49(45)55-50)37-18-11-17-36(32-37)41-30-28-35-15-4-6-20-40(35)51(41)44-23-12-16-34-14-3-5-19-39(34)44/h3-33H,1-2H3/i1D3,2D3,7D,8D,9D,10D,13D,21D,22D,24D,25D,26D,27D,29D,31D,33D. The minimum atomic E-state index is -3.75. The summed E-state index contributed by atoms with van der Waals surface area (Å²) in [6.07, 6.45) is 0. The fraction of sp³-hybridized carbons (Fsp3) is 0.0566. The molecule has 0 unspecified atom stereocenters. The van der Waals surface area contributed by atoms with Gasteiger partial charge in [0.2, 0.25) is 0 Å². The molecule has 1 heterocycles. The second-order valence-electron chi connectivity index (χ2n) is 13.3. The topological polar surface area (TPSA) is 3.24 Å². The summed E-state index contributed by atoms with van der Waals surface area (Å²) in [7, 11) is 0. The van der Waals surface area contributed by atoms with E-state index in [2.05, 4.69) is 0 Å². The first-order valence-corrected chi connectivity index (χ1v) is 18.3. The van der Waals surface area contributed by atoms with Crippen LogP contribution in [0.5, 0.6) is 0 Å². The van der Waals surface area contributed by atoms with E-state index in [-0.39, 0.29) is 25.9 Å². The van der Waals surface area contributed by atoms with Crippen LogP contribution < -0.4 is 4.90 Å². The van der Waals surface area contributed by atoms with Crippen LogP contribution in [0, 0.1) is 0 Å². The largest absolute Gasteiger partial charge is 0.310 e. The smallest absolute Gasteiger partial charge is 0.0648 e. The zero-order valence-corrected chi connectivity index (χ0v) is 29.5. The van der Waals surface area contributed by atoms with E-state index in [0.29, 0.717) is 11.1 Å². The lowest BCUT2D eigenvalue weighted by Crippen LogP contribution is -2.16. The monoisotopic (exact) mass is 739 g/mol. The normalized spacial score (nSPS) is 18.7. The number of nitrogens with zero attached hydrogens (tertiary/aromatic N) is 1. The van der Waals surface area contributed by atoms with Crippen LogP contribution in [0.2, 0.25) is 0 Å². The number of fused-ring (bicyclic) bond motifs is 8. The molecule has 0 fully saturated rings. The average molecular weight is 740 g/mol. The molecule has 0 spiro atoms. The minimum absolute atomic E-state index is 0.0221. The second-order valence-corrected chi connectivity index (χ2v) is 14.3. The molecule has 1 aliphatic rings. The maximum Gasteiger partial charge on any atom is 0.0648 e. The maximum absolute atomic E-state index is 10.3. The van der Waals surface area contributed by atoms with Crippen molar-refractivity contribution >= 4 is 70.1 Å². The molecule has 55 heavy (non-hydrogen) atoms. The van der Waals surface area contributed by atoms with E-state index in [1.54, 1.807) is 18.2 Å². The summed E-state index contributed by atoms with van der Waals surface area (Å²) in [5.74, 6) is 0. The van der Waals surface area contributed by atoms with Gasteiger partial charge in [-0.2, -0.15) is 0 Å². The summed E-state index contributed by atoms with van der Waals surface area (Å²) < 4.78 is 183. The van der Waals surface area contributed by atoms with Gasteiger partial charge in [0.25, 0.3) is 0 Å². The molecule has 0 bridgehead atoms. The molecule has 1 aromatic heterocycles. The van der Waals surface area contributed by atoms with Crippen LogP contribution in [0.1, 0.15) is 52.2 Å². The molecule has 0 aliphatic heterocycles. The highest BCUT2D eigenvalue weighted by molar-refractivity contribution is 7.26. The molecule has 9 aromatic carbocycles. The lowest BCUT2D eigenvalue weighted by atomic mass is 9.82. The number of benzene rings is 9. The molecule has 1 nitrogen and oxygen atoms in total. The van der Waals surface area contributed by atoms with E-state index < -0.39 is 137 Å². The molecular formula is C53H37NS. The molecule has 0 amide bonds. The highest BCUT2D eigenvalue weighted by Gasteiger charge is 2.36. The molecule has 0 saturated heterocycles. The first-order chi connectivity index (χ1) is 35.4. The third-order valence-electron chi connectivity index (χ3n) is 10.3. The van der Waals surface area contributed by atoms with Crippen LogP contribution in [0.3, 0.4) is 0 Å². The first kappa shape index (κ1) is 17.8. The summed E-state index contributed by atoms with van der Waals surface area (Å²) >= 11 is 0.749. The summed E-state index contributed by atoms with van der Waals surface area (Å²) in [4.78, 5) is 1.10. The van der Waals surface area contributed by atoms with E-state index in [4.69, 9.17) is 19.2 Å². The Labute approximate surface area is 353 Å². The molecule has 260 valence electrons. The van der Waals surface area contributed by atoms with E-state index in [1.165, 1.54) is 6.07 Å². The Kier molecular flexibility index (Phi) is 3.97. The van der Waals surface area contributed by atoms with Crippen LogP contribution >= 0.6 is 11.3 Å². The Morgan fingerprint density at radius 3 is 2.18 bits per heavy atom. The van der Waals surface area contributed by atoms with Gasteiger partial charge >= 0.3 is 0 Å². The Hall–Kier alpha value is -6.48. The van der Waals surface area contributed by atoms with Gasteiger partial charge in [-0.3, -0.25) is 0 Å². The van der Waals surface area contributed by atoms with E-state index in [1.807, 2.05) is 78.9 Å². The number of hydrogen-bond donors (Lipinski definition) is 0. The highest BCUT2D eigenvalue weighted by Crippen LogP contribution is 2.52. The minimum Gasteiger partial charge on any atom is -0.310 e. The van der Waals surface area contributed by atoms with Gasteiger partial charge in [0.1, 0.15) is 0 Å². The fourth-order valence-electron chi connectivity index (χ4n) is 7.82. The zero-order chi connectivity index (χ0) is 53.9. The van der Waals surface area contributed by atoms with Crippen molar-refractivity contribution in [3.8, 4) is 33.4 Å². The van der Waals surface area contributed by atoms with Crippen molar-refractivity contribution < 1.29 is 27.4 Å². The molecular weight excluding hydrogens is 683 g/mol. The van der Waals surface area contributed by atoms with Crippen LogP contribution in [0.25, 0.3) is 75.1 Å². The van der Waals surface area contributed by atoms with Crippen molar-refractivity contribution in [3.05, 3.63) is 199 Å². The van der Waals surface area contributed by atoms with Gasteiger partial charge < -0.3 is 4.90 Å². The van der Waals surface area contributed by atoms with Crippen LogP contribution in [0.15, 0.2) is 188 Å². The molecule has 10 aromatic rings. The molecule has 1 aliphatic carbocycles. The van der Waals surface area contributed by atoms with Crippen LogP contribution in [-0.2, 0) is 5.41 Å². The van der Waals surface area contributed by atoms with Crippen molar-refractivity contribution in [2.45, 2.75) is 19.1 Å². The predicted molar refractivity (Wildman–Crippen MR) is 237 cm³/mol. The van der Waals surface area contributed by atoms with Crippen molar-refractivity contribution in [3.63, 3.8) is 0 Å². The third kappa shape index (κ3) is 4.92. The quantitative estimate of drug-likeness (QED) is 0.170. The van der Waals surface area contributed by atoms with Gasteiger partial charge in [0, 0.05) is 45.2 Å². The summed E-state index contributed by atoms with van der Waals surface area (Å²) in [6.45, 7) is -7.50. The Morgan fingerprint density at radius 2 is 1.27 bits per heavy atom. The maximum atomic E-state index is 10.3. The average Bonchev–Trinajstić information content (AvgIpc) is 3.98. The molecule has 0 radical (unpaired) electrons. The van der Waals surface area contributed by atoms with Crippen molar-refractivity contribution in [1.29, 1.82) is 0 Å². The van der Waals surface area contributed by atoms with Gasteiger partial charge in [-0.25, -0.2) is 0 Å². The van der Waals surface area contributed by atoms with Crippen molar-refractivity contribution in [2.75, 3.05) is 4.90 Å². The van der Waals surface area contributed by atoms with Crippen LogP contribution in [0.4, 0.5) is 17.1 Å². The van der Waals surface area contributed by atoms with E-state index in [9.17, 15) is 8.22 Å². The van der Waals surface area contributed by atoms with Gasteiger partial charge in [-0.05, 0) is 108 Å². The molecule has 0 N–H and O–H groups in total. The Morgan fingerprint density at radius 1 is 0.527 bits per heavy atom. The molecule has 0 saturated carbocycles. The predicted octanol–water partition coefficient (Wildman–Crippen LogP) is 15.5. The molecule has 11 rings (SSSR count). The van der Waals surface area contributed by atoms with Gasteiger partial charge in [-0.15, -0.1) is 11.3 Å². The Bertz CT molecular complexity index is 4160. The van der Waals surface area contributed by atoms with E-state index in [0.717, 1.165) is 48.9 Å². The van der Waals surface area contributed by atoms with Gasteiger partial charge in [0.15, 0.2) is 0 Å². The zero-order valence-electron chi connectivity index (χ0n) is 48.7. The van der Waals surface area contributed by atoms with Crippen molar-refractivity contribution in [2.24, 2.45) is 0 Å². The fourth-order valence-corrected chi connectivity index (χ4v) is 8.79. The number of thiophene rings is 1. The second kappa shape index (κ2) is 12.3. The SMILES string of the molecule is [2H]c1c([2H])c([2H])c2c(c1[2H])-c1c([2H])c([2H])c(N(c3cccc(-c4ccc5ccccc5c4-c4cccc5ccccc45)c3)c3c([2H])c([2H])c([2H])c4sc5c([2H])c([2H])c([2H])c([2H])c5c34)c([2H])c1C2(C([2H])([2H])[2H])C([2H])([2H])[2H]. The lowest BCUT2D eigenvalue weighted by molar-refractivity contribution is 0.660. The third-order valence-corrected chi connectivity index (χ3v) is 11.3. The summed E-state index contributed by atoms with van der Waals surface area (Å²) in [6, 6.07) is 20.9. The molecule has 0 atom stereocenters. The van der Waals surface area contributed by atoms with Gasteiger partial charge in [-0.1, -0.05) is 159 Å². The number of anilines is 3. The molecule has 2 heteroatoms. The first-order valence-electron chi connectivity index (χ1n) is 27.5. The van der Waals surface area contributed by atoms with E-state index >= 15 is 0 Å². The number of hydrogen-bond acceptors (Lipinski definition) is 2. The van der Waals surface area contributed by atoms with Crippen LogP contribution in [-0.4, -0.2) is 0 Å². The Balaban J connectivity index is 1.33. The number of rotatable bonds is 5.